The number of carbonyl (C=O) groups excluding carboxylic acids is 3. The number of ether oxygens (including phenoxy) is 1. The van der Waals surface area contributed by atoms with Gasteiger partial charge >= 0.3 is 5.97 Å². The highest BCUT2D eigenvalue weighted by Crippen LogP contribution is 2.44. The quantitative estimate of drug-likeness (QED) is 0.144. The Labute approximate surface area is 315 Å². The molecule has 10 nitrogen and oxygen atoms in total. The summed E-state index contributed by atoms with van der Waals surface area (Å²) >= 11 is 1.46. The Balaban J connectivity index is 1.15. The van der Waals surface area contributed by atoms with E-state index in [1.807, 2.05) is 37.3 Å². The van der Waals surface area contributed by atoms with Gasteiger partial charge in [0.05, 0.1) is 24.3 Å². The first-order chi connectivity index (χ1) is 25.4. The van der Waals surface area contributed by atoms with Crippen LogP contribution in [-0.4, -0.2) is 85.0 Å². The maximum Gasteiger partial charge on any atom is 0.335 e. The summed E-state index contributed by atoms with van der Waals surface area (Å²) in [4.78, 5) is 57.4. The molecular formula is C42H48N4O6S. The first kappa shape index (κ1) is 37.9. The van der Waals surface area contributed by atoms with Crippen molar-refractivity contribution >= 4 is 45.7 Å². The number of nitrogens with one attached hydrogen (secondary N) is 2. The zero-order chi connectivity index (χ0) is 37.7. The molecule has 278 valence electrons. The standard InChI is InChI=1S/C42H48N4O6S/c1-27-24-33(15-14-29(27)11-8-28-9-12-30(13-10-28)41(50)51)43-38(48)36-34-16-17-42(2,3)26-35(34)53-39(36)44-37(47)31-6-5-7-32(25-31)40(49)45(4)18-19-46-20-22-52-23-21-46/h5-7,9-10,12-15,24-25H,8,11,16-23,26H2,1-4H3,(H,43,48)(H,44,47)(H,50,51). The van der Waals surface area contributed by atoms with E-state index in [-0.39, 0.29) is 28.7 Å². The predicted octanol–water partition coefficient (Wildman–Crippen LogP) is 6.96. The van der Waals surface area contributed by atoms with Gasteiger partial charge in [-0.2, -0.15) is 0 Å². The Morgan fingerprint density at radius 2 is 1.64 bits per heavy atom. The molecule has 1 saturated heterocycles. The number of fused-ring (bicyclic) bond motifs is 1. The van der Waals surface area contributed by atoms with Gasteiger partial charge in [0.2, 0.25) is 0 Å². The van der Waals surface area contributed by atoms with Crippen molar-refractivity contribution in [3.05, 3.63) is 116 Å². The minimum absolute atomic E-state index is 0.0839. The average Bonchev–Trinajstić information content (AvgIpc) is 3.49. The Morgan fingerprint density at radius 3 is 2.36 bits per heavy atom. The zero-order valence-corrected chi connectivity index (χ0v) is 31.7. The number of aryl methyl sites for hydroxylation is 3. The minimum Gasteiger partial charge on any atom is -0.478 e. The second-order valence-electron chi connectivity index (χ2n) is 14.9. The van der Waals surface area contributed by atoms with Gasteiger partial charge in [-0.1, -0.05) is 38.1 Å². The number of amides is 3. The van der Waals surface area contributed by atoms with E-state index >= 15 is 0 Å². The van der Waals surface area contributed by atoms with E-state index in [1.165, 1.54) is 11.3 Å². The summed E-state index contributed by atoms with van der Waals surface area (Å²) in [6.45, 7) is 10.9. The number of morpholine rings is 1. The number of aromatic carboxylic acids is 1. The van der Waals surface area contributed by atoms with Gasteiger partial charge in [-0.15, -0.1) is 11.3 Å². The number of benzene rings is 3. The van der Waals surface area contributed by atoms with Crippen molar-refractivity contribution in [2.45, 2.75) is 52.9 Å². The van der Waals surface area contributed by atoms with Gasteiger partial charge in [0.15, 0.2) is 0 Å². The van der Waals surface area contributed by atoms with E-state index in [4.69, 9.17) is 4.74 Å². The molecule has 0 spiro atoms. The molecule has 0 radical (unpaired) electrons. The van der Waals surface area contributed by atoms with Crippen LogP contribution in [0, 0.1) is 12.3 Å². The van der Waals surface area contributed by atoms with E-state index in [0.717, 1.165) is 78.9 Å². The topological polar surface area (TPSA) is 128 Å². The Morgan fingerprint density at radius 1 is 0.906 bits per heavy atom. The molecular weight excluding hydrogens is 689 g/mol. The van der Waals surface area contributed by atoms with E-state index < -0.39 is 5.97 Å². The monoisotopic (exact) mass is 736 g/mol. The summed E-state index contributed by atoms with van der Waals surface area (Å²) in [6.07, 6.45) is 4.02. The fraction of sp³-hybridized carbons (Fsp3) is 0.381. The third-order valence-corrected chi connectivity index (χ3v) is 11.4. The molecule has 0 atom stereocenters. The molecule has 3 aromatic carbocycles. The Bertz CT molecular complexity index is 2000. The zero-order valence-electron chi connectivity index (χ0n) is 30.9. The van der Waals surface area contributed by atoms with Gasteiger partial charge in [-0.25, -0.2) is 4.79 Å². The van der Waals surface area contributed by atoms with Crippen LogP contribution in [0.2, 0.25) is 0 Å². The van der Waals surface area contributed by atoms with Gasteiger partial charge in [0.25, 0.3) is 17.7 Å². The van der Waals surface area contributed by atoms with Crippen LogP contribution in [-0.2, 0) is 30.4 Å². The highest BCUT2D eigenvalue weighted by molar-refractivity contribution is 7.17. The number of carboxylic acid groups (broad SMARTS) is 1. The van der Waals surface area contributed by atoms with Gasteiger partial charge in [-0.05, 0) is 109 Å². The van der Waals surface area contributed by atoms with Crippen LogP contribution in [0.25, 0.3) is 0 Å². The lowest BCUT2D eigenvalue weighted by Crippen LogP contribution is -2.41. The number of carboxylic acids is 1. The number of hydrogen-bond donors (Lipinski definition) is 3. The van der Waals surface area contributed by atoms with Crippen LogP contribution < -0.4 is 10.6 Å². The molecule has 6 rings (SSSR count). The largest absolute Gasteiger partial charge is 0.478 e. The predicted molar refractivity (Wildman–Crippen MR) is 209 cm³/mol. The lowest BCUT2D eigenvalue weighted by molar-refractivity contribution is 0.0338. The summed E-state index contributed by atoms with van der Waals surface area (Å²) < 4.78 is 5.42. The Hall–Kier alpha value is -4.84. The average molecular weight is 737 g/mol. The van der Waals surface area contributed by atoms with Gasteiger partial charge in [-0.3, -0.25) is 19.3 Å². The maximum atomic E-state index is 14.1. The lowest BCUT2D eigenvalue weighted by Gasteiger charge is -2.29. The van der Waals surface area contributed by atoms with Gasteiger partial charge in [0, 0.05) is 54.9 Å². The van der Waals surface area contributed by atoms with Crippen molar-refractivity contribution in [3.8, 4) is 0 Å². The SMILES string of the molecule is Cc1cc(NC(=O)c2c(NC(=O)c3cccc(C(=O)N(C)CCN4CCOCC4)c3)sc3c2CCC(C)(C)C3)ccc1CCc1ccc(C(=O)O)cc1. The molecule has 4 aromatic rings. The van der Waals surface area contributed by atoms with Crippen LogP contribution in [0.15, 0.2) is 66.7 Å². The van der Waals surface area contributed by atoms with Crippen LogP contribution in [0.4, 0.5) is 10.7 Å². The fourth-order valence-electron chi connectivity index (χ4n) is 6.98. The van der Waals surface area contributed by atoms with E-state index in [9.17, 15) is 24.3 Å². The first-order valence-corrected chi connectivity index (χ1v) is 19.0. The number of carbonyl (C=O) groups is 4. The maximum absolute atomic E-state index is 14.1. The second-order valence-corrected chi connectivity index (χ2v) is 16.0. The third kappa shape index (κ3) is 9.40. The molecule has 2 aliphatic rings. The van der Waals surface area contributed by atoms with E-state index in [0.29, 0.717) is 47.1 Å². The number of nitrogens with zero attached hydrogens (tertiary/aromatic N) is 2. The van der Waals surface area contributed by atoms with E-state index in [1.54, 1.807) is 48.3 Å². The first-order valence-electron chi connectivity index (χ1n) is 18.2. The van der Waals surface area contributed by atoms with Crippen molar-refractivity contribution in [2.75, 3.05) is 57.1 Å². The molecule has 2 heterocycles. The third-order valence-electron chi connectivity index (χ3n) is 10.3. The molecule has 0 bridgehead atoms. The molecule has 1 aliphatic carbocycles. The van der Waals surface area contributed by atoms with Gasteiger partial charge in [0.1, 0.15) is 5.00 Å². The van der Waals surface area contributed by atoms with Crippen molar-refractivity contribution in [1.82, 2.24) is 9.80 Å². The molecule has 3 amide bonds. The molecule has 53 heavy (non-hydrogen) atoms. The molecule has 0 saturated carbocycles. The Kier molecular flexibility index (Phi) is 11.8. The number of anilines is 2. The molecule has 1 aromatic heterocycles. The van der Waals surface area contributed by atoms with Crippen LogP contribution in [0.3, 0.4) is 0 Å². The fourth-order valence-corrected chi connectivity index (χ4v) is 8.48. The number of thiophene rings is 1. The molecule has 1 fully saturated rings. The van der Waals surface area contributed by atoms with E-state index in [2.05, 4.69) is 29.4 Å². The summed E-state index contributed by atoms with van der Waals surface area (Å²) in [6, 6.07) is 19.5. The van der Waals surface area contributed by atoms with Gasteiger partial charge < -0.3 is 25.4 Å². The lowest BCUT2D eigenvalue weighted by atomic mass is 9.77. The van der Waals surface area contributed by atoms with Crippen molar-refractivity contribution in [3.63, 3.8) is 0 Å². The van der Waals surface area contributed by atoms with Crippen molar-refractivity contribution in [1.29, 1.82) is 0 Å². The molecule has 3 N–H and O–H groups in total. The minimum atomic E-state index is -0.941. The highest BCUT2D eigenvalue weighted by atomic mass is 32.1. The number of hydrogen-bond acceptors (Lipinski definition) is 7. The molecule has 0 unspecified atom stereocenters. The summed E-state index contributed by atoms with van der Waals surface area (Å²) in [5.41, 5.74) is 6.50. The summed E-state index contributed by atoms with van der Waals surface area (Å²) in [5, 5.41) is 15.8. The molecule has 1 aliphatic heterocycles. The smallest absolute Gasteiger partial charge is 0.335 e. The van der Waals surface area contributed by atoms with Crippen molar-refractivity contribution < 1.29 is 29.0 Å². The second kappa shape index (κ2) is 16.4. The van der Waals surface area contributed by atoms with Crippen LogP contribution in [0.1, 0.15) is 88.8 Å². The van der Waals surface area contributed by atoms with Crippen LogP contribution in [0.5, 0.6) is 0 Å². The summed E-state index contributed by atoms with van der Waals surface area (Å²) in [5.74, 6) is -1.74. The summed E-state index contributed by atoms with van der Waals surface area (Å²) in [7, 11) is 1.78. The normalized spacial score (nSPS) is 15.3. The number of rotatable bonds is 12. The number of likely N-dealkylation sites (N-methyl/N-ethyl adjacent to an activating group) is 1. The van der Waals surface area contributed by atoms with Crippen LogP contribution >= 0.6 is 11.3 Å². The highest BCUT2D eigenvalue weighted by Gasteiger charge is 2.33. The molecule has 11 heteroatoms. The van der Waals surface area contributed by atoms with Crippen molar-refractivity contribution in [2.24, 2.45) is 5.41 Å².